The third-order valence-corrected chi connectivity index (χ3v) is 5.56. The minimum atomic E-state index is -0.0935. The lowest BCUT2D eigenvalue weighted by Crippen LogP contribution is -2.39. The maximum atomic E-state index is 12.4. The van der Waals surface area contributed by atoms with E-state index >= 15 is 0 Å². The summed E-state index contributed by atoms with van der Waals surface area (Å²) in [5.41, 5.74) is 2.67. The maximum absolute atomic E-state index is 12.4. The van der Waals surface area contributed by atoms with E-state index in [0.717, 1.165) is 74.1 Å². The van der Waals surface area contributed by atoms with E-state index in [0.29, 0.717) is 5.69 Å². The minimum absolute atomic E-state index is 0.0935. The molecule has 1 saturated heterocycles. The van der Waals surface area contributed by atoms with Crippen LogP contribution in [0.1, 0.15) is 38.9 Å². The summed E-state index contributed by atoms with van der Waals surface area (Å²) in [7, 11) is 0. The number of hydrogen-bond acceptors (Lipinski definition) is 7. The molecule has 1 amide bonds. The molecule has 7 nitrogen and oxygen atoms in total. The summed E-state index contributed by atoms with van der Waals surface area (Å²) < 4.78 is 10.9. The Morgan fingerprint density at radius 1 is 1.44 bits per heavy atom. The Labute approximate surface area is 150 Å². The molecule has 1 aliphatic heterocycles. The van der Waals surface area contributed by atoms with E-state index in [4.69, 9.17) is 9.26 Å². The van der Waals surface area contributed by atoms with Crippen molar-refractivity contribution in [3.8, 4) is 0 Å². The van der Waals surface area contributed by atoms with Crippen LogP contribution in [0.2, 0.25) is 0 Å². The fourth-order valence-electron chi connectivity index (χ4n) is 3.41. The average Bonchev–Trinajstić information content (AvgIpc) is 3.23. The van der Waals surface area contributed by atoms with Crippen LogP contribution in [0.3, 0.4) is 0 Å². The highest BCUT2D eigenvalue weighted by Gasteiger charge is 2.28. The maximum Gasteiger partial charge on any atom is 0.270 e. The highest BCUT2D eigenvalue weighted by atomic mass is 32.1. The Bertz CT molecular complexity index is 751. The largest absolute Gasteiger partial charge is 0.379 e. The van der Waals surface area contributed by atoms with E-state index in [1.54, 1.807) is 0 Å². The molecule has 0 radical (unpaired) electrons. The van der Waals surface area contributed by atoms with Crippen LogP contribution < -0.4 is 5.32 Å². The second-order valence-corrected chi connectivity index (χ2v) is 7.65. The van der Waals surface area contributed by atoms with E-state index in [1.807, 2.05) is 12.3 Å². The van der Waals surface area contributed by atoms with Gasteiger partial charge in [-0.3, -0.25) is 9.69 Å². The quantitative estimate of drug-likeness (QED) is 0.889. The van der Waals surface area contributed by atoms with Crippen LogP contribution in [-0.4, -0.2) is 53.3 Å². The van der Waals surface area contributed by atoms with Gasteiger partial charge in [0.15, 0.2) is 0 Å². The zero-order chi connectivity index (χ0) is 17.2. The molecule has 134 valence electrons. The second-order valence-electron chi connectivity index (χ2n) is 6.58. The predicted octanol–water partition coefficient (Wildman–Crippen LogP) is 1.56. The van der Waals surface area contributed by atoms with Crippen molar-refractivity contribution in [2.75, 3.05) is 26.3 Å². The molecule has 0 bridgehead atoms. The van der Waals surface area contributed by atoms with Crippen molar-refractivity contribution >= 4 is 17.2 Å². The molecule has 3 heterocycles. The Kier molecular flexibility index (Phi) is 4.82. The highest BCUT2D eigenvalue weighted by molar-refractivity contribution is 7.09. The van der Waals surface area contributed by atoms with Crippen molar-refractivity contribution in [3.05, 3.63) is 33.1 Å². The van der Waals surface area contributed by atoms with Crippen molar-refractivity contribution in [1.29, 1.82) is 0 Å². The Morgan fingerprint density at radius 2 is 2.28 bits per heavy atom. The zero-order valence-electron chi connectivity index (χ0n) is 14.3. The van der Waals surface area contributed by atoms with Gasteiger partial charge in [-0.1, -0.05) is 5.16 Å². The number of nitrogens with one attached hydrogen (secondary N) is 1. The lowest BCUT2D eigenvalue weighted by molar-refractivity contribution is 0.0331. The Balaban J connectivity index is 1.41. The number of thiazole rings is 1. The van der Waals surface area contributed by atoms with Crippen molar-refractivity contribution in [1.82, 2.24) is 20.4 Å². The number of rotatable bonds is 4. The molecule has 0 spiro atoms. The number of nitrogens with zero attached hydrogens (tertiary/aromatic N) is 3. The molecule has 1 aliphatic carbocycles. The second kappa shape index (κ2) is 7.23. The van der Waals surface area contributed by atoms with Gasteiger partial charge in [-0.2, -0.15) is 0 Å². The summed E-state index contributed by atoms with van der Waals surface area (Å²) in [6.07, 6.45) is 2.45. The van der Waals surface area contributed by atoms with Gasteiger partial charge in [0.05, 0.1) is 18.2 Å². The van der Waals surface area contributed by atoms with Crippen molar-refractivity contribution in [2.45, 2.75) is 38.8 Å². The normalized spacial score (nSPS) is 21.1. The van der Waals surface area contributed by atoms with E-state index in [2.05, 4.69) is 20.4 Å². The third kappa shape index (κ3) is 3.75. The van der Waals surface area contributed by atoms with Gasteiger partial charge in [0, 0.05) is 43.0 Å². The van der Waals surface area contributed by atoms with Gasteiger partial charge in [-0.15, -0.1) is 11.3 Å². The van der Waals surface area contributed by atoms with Crippen molar-refractivity contribution < 1.29 is 14.1 Å². The van der Waals surface area contributed by atoms with E-state index in [1.165, 1.54) is 11.3 Å². The summed E-state index contributed by atoms with van der Waals surface area (Å²) >= 11 is 1.49. The molecule has 2 aromatic rings. The molecule has 8 heteroatoms. The molecule has 1 atom stereocenters. The summed E-state index contributed by atoms with van der Waals surface area (Å²) in [4.78, 5) is 18.9. The summed E-state index contributed by atoms with van der Waals surface area (Å²) in [6, 6.07) is 0.102. The summed E-state index contributed by atoms with van der Waals surface area (Å²) in [6.45, 7) is 6.07. The van der Waals surface area contributed by atoms with Crippen LogP contribution in [0.25, 0.3) is 0 Å². The monoisotopic (exact) mass is 362 g/mol. The van der Waals surface area contributed by atoms with E-state index in [-0.39, 0.29) is 11.9 Å². The number of carbonyl (C=O) groups excluding carboxylic acids is 1. The van der Waals surface area contributed by atoms with E-state index < -0.39 is 0 Å². The summed E-state index contributed by atoms with van der Waals surface area (Å²) in [5, 5.41) is 10.1. The molecule has 1 N–H and O–H groups in total. The van der Waals surface area contributed by atoms with Crippen LogP contribution in [0, 0.1) is 6.92 Å². The predicted molar refractivity (Wildman–Crippen MR) is 92.7 cm³/mol. The average molecular weight is 362 g/mol. The molecule has 4 rings (SSSR count). The van der Waals surface area contributed by atoms with Gasteiger partial charge >= 0.3 is 0 Å². The van der Waals surface area contributed by atoms with Gasteiger partial charge < -0.3 is 14.6 Å². The number of hydrogen-bond donors (Lipinski definition) is 1. The highest BCUT2D eigenvalue weighted by Crippen LogP contribution is 2.26. The van der Waals surface area contributed by atoms with Gasteiger partial charge in [0.2, 0.25) is 0 Å². The lowest BCUT2D eigenvalue weighted by Gasteiger charge is -2.27. The molecule has 1 unspecified atom stereocenters. The lowest BCUT2D eigenvalue weighted by atomic mass is 9.92. The smallest absolute Gasteiger partial charge is 0.270 e. The van der Waals surface area contributed by atoms with Gasteiger partial charge in [0.1, 0.15) is 17.1 Å². The third-order valence-electron chi connectivity index (χ3n) is 4.79. The Morgan fingerprint density at radius 3 is 3.04 bits per heavy atom. The zero-order valence-corrected chi connectivity index (χ0v) is 15.1. The molecule has 1 fully saturated rings. The number of carbonyl (C=O) groups is 1. The van der Waals surface area contributed by atoms with Gasteiger partial charge in [-0.05, 0) is 19.8 Å². The molecular weight excluding hydrogens is 340 g/mol. The van der Waals surface area contributed by atoms with Crippen LogP contribution >= 0.6 is 11.3 Å². The SMILES string of the molecule is Cc1nc(C(=O)NC2CCc3onc(CN4CCOCC4)c3C2)cs1. The van der Waals surface area contributed by atoms with Crippen molar-refractivity contribution in [2.24, 2.45) is 0 Å². The first-order chi connectivity index (χ1) is 12.2. The number of fused-ring (bicyclic) bond motifs is 1. The van der Waals surface area contributed by atoms with Crippen LogP contribution in [0.5, 0.6) is 0 Å². The topological polar surface area (TPSA) is 80.5 Å². The van der Waals surface area contributed by atoms with Crippen LogP contribution in [0.15, 0.2) is 9.90 Å². The van der Waals surface area contributed by atoms with Crippen LogP contribution in [-0.2, 0) is 24.1 Å². The fraction of sp³-hybridized carbons (Fsp3) is 0.588. The number of ether oxygens (including phenoxy) is 1. The molecule has 2 aromatic heterocycles. The number of aromatic nitrogens is 2. The first-order valence-electron chi connectivity index (χ1n) is 8.68. The molecule has 2 aliphatic rings. The molecule has 0 saturated carbocycles. The minimum Gasteiger partial charge on any atom is -0.379 e. The van der Waals surface area contributed by atoms with Crippen molar-refractivity contribution in [3.63, 3.8) is 0 Å². The van der Waals surface area contributed by atoms with E-state index in [9.17, 15) is 4.79 Å². The first-order valence-corrected chi connectivity index (χ1v) is 9.56. The number of amides is 1. The molecular formula is C17H22N4O3S. The van der Waals surface area contributed by atoms with Gasteiger partial charge in [-0.25, -0.2) is 4.98 Å². The standard InChI is InChI=1S/C17H22N4O3S/c1-11-18-15(10-25-11)17(22)19-12-2-3-16-13(8-12)14(20-24-16)9-21-4-6-23-7-5-21/h10,12H,2-9H2,1H3,(H,19,22). The number of aryl methyl sites for hydroxylation is 2. The number of morpholine rings is 1. The molecule has 0 aromatic carbocycles. The summed E-state index contributed by atoms with van der Waals surface area (Å²) in [5.74, 6) is 0.877. The van der Waals surface area contributed by atoms with Gasteiger partial charge in [0.25, 0.3) is 5.91 Å². The van der Waals surface area contributed by atoms with Crippen LogP contribution in [0.4, 0.5) is 0 Å². The fourth-order valence-corrected chi connectivity index (χ4v) is 4.00. The Hall–Kier alpha value is -1.77. The first kappa shape index (κ1) is 16.7. The molecule has 25 heavy (non-hydrogen) atoms.